The first-order chi connectivity index (χ1) is 9.22. The van der Waals surface area contributed by atoms with Gasteiger partial charge >= 0.3 is 5.97 Å². The standard InChI is InChI=1S/C13H16FNO4S/c1-3-19-12(16)13(15)10(11(13)20(2,17)18)8-5-4-6-9(14)7-8/h4-7,10-11H,3,15H2,1-2H3. The van der Waals surface area contributed by atoms with Crippen LogP contribution >= 0.6 is 0 Å². The minimum Gasteiger partial charge on any atom is -0.465 e. The molecule has 7 heteroatoms. The van der Waals surface area contributed by atoms with Crippen molar-refractivity contribution in [3.8, 4) is 0 Å². The fourth-order valence-electron chi connectivity index (χ4n) is 2.63. The van der Waals surface area contributed by atoms with Gasteiger partial charge in [0.15, 0.2) is 9.84 Å². The van der Waals surface area contributed by atoms with Crippen LogP contribution in [0.3, 0.4) is 0 Å². The molecule has 3 unspecified atom stereocenters. The molecule has 0 aromatic heterocycles. The summed E-state index contributed by atoms with van der Waals surface area (Å²) in [4.78, 5) is 11.9. The van der Waals surface area contributed by atoms with E-state index in [4.69, 9.17) is 10.5 Å². The van der Waals surface area contributed by atoms with Crippen molar-refractivity contribution in [2.45, 2.75) is 23.6 Å². The summed E-state index contributed by atoms with van der Waals surface area (Å²) in [6.07, 6.45) is 1.01. The number of halogens is 1. The average Bonchev–Trinajstić information content (AvgIpc) is 2.98. The summed E-state index contributed by atoms with van der Waals surface area (Å²) >= 11 is 0. The van der Waals surface area contributed by atoms with Crippen molar-refractivity contribution in [1.82, 2.24) is 0 Å². The zero-order chi connectivity index (χ0) is 15.1. The van der Waals surface area contributed by atoms with Crippen LogP contribution in [0.1, 0.15) is 18.4 Å². The Morgan fingerprint density at radius 3 is 2.65 bits per heavy atom. The second kappa shape index (κ2) is 4.82. The highest BCUT2D eigenvalue weighted by Crippen LogP contribution is 2.54. The quantitative estimate of drug-likeness (QED) is 0.823. The molecule has 1 aliphatic carbocycles. The molecule has 0 spiro atoms. The molecular weight excluding hydrogens is 285 g/mol. The van der Waals surface area contributed by atoms with E-state index in [2.05, 4.69) is 0 Å². The lowest BCUT2D eigenvalue weighted by molar-refractivity contribution is -0.145. The number of hydrogen-bond donors (Lipinski definition) is 1. The van der Waals surface area contributed by atoms with E-state index in [1.807, 2.05) is 0 Å². The zero-order valence-electron chi connectivity index (χ0n) is 11.2. The summed E-state index contributed by atoms with van der Waals surface area (Å²) in [7, 11) is -3.56. The predicted octanol–water partition coefficient (Wildman–Crippen LogP) is 0.597. The highest BCUT2D eigenvalue weighted by atomic mass is 32.2. The maximum atomic E-state index is 13.3. The third-order valence-corrected chi connectivity index (χ3v) is 5.06. The maximum absolute atomic E-state index is 13.3. The number of benzene rings is 1. The average molecular weight is 301 g/mol. The summed E-state index contributed by atoms with van der Waals surface area (Å²) in [5.74, 6) is -2.07. The Hall–Kier alpha value is -1.47. The highest BCUT2D eigenvalue weighted by Gasteiger charge is 2.73. The number of ether oxygens (including phenoxy) is 1. The van der Waals surface area contributed by atoms with Crippen LogP contribution in [-0.2, 0) is 19.4 Å². The molecule has 1 aliphatic rings. The molecule has 2 N–H and O–H groups in total. The Morgan fingerprint density at radius 2 is 2.15 bits per heavy atom. The lowest BCUT2D eigenvalue weighted by Gasteiger charge is -2.10. The van der Waals surface area contributed by atoms with Gasteiger partial charge in [0.2, 0.25) is 0 Å². The molecule has 0 radical (unpaired) electrons. The van der Waals surface area contributed by atoms with Gasteiger partial charge in [0, 0.05) is 12.2 Å². The van der Waals surface area contributed by atoms with E-state index in [9.17, 15) is 17.6 Å². The van der Waals surface area contributed by atoms with E-state index in [1.54, 1.807) is 13.0 Å². The van der Waals surface area contributed by atoms with Crippen molar-refractivity contribution in [3.05, 3.63) is 35.6 Å². The molecule has 3 atom stereocenters. The number of esters is 1. The van der Waals surface area contributed by atoms with Crippen LogP contribution in [0, 0.1) is 5.82 Å². The van der Waals surface area contributed by atoms with Crippen LogP contribution in [0.15, 0.2) is 24.3 Å². The van der Waals surface area contributed by atoms with E-state index < -0.39 is 38.3 Å². The van der Waals surface area contributed by atoms with E-state index >= 15 is 0 Å². The summed E-state index contributed by atoms with van der Waals surface area (Å²) in [5, 5.41) is -1.09. The minimum atomic E-state index is -3.56. The van der Waals surface area contributed by atoms with Crippen LogP contribution in [0.4, 0.5) is 4.39 Å². The van der Waals surface area contributed by atoms with Gasteiger partial charge in [-0.2, -0.15) is 0 Å². The van der Waals surface area contributed by atoms with Crippen molar-refractivity contribution in [2.24, 2.45) is 5.73 Å². The largest absolute Gasteiger partial charge is 0.465 e. The molecule has 0 bridgehead atoms. The molecule has 2 rings (SSSR count). The molecular formula is C13H16FNO4S. The monoisotopic (exact) mass is 301 g/mol. The molecule has 1 aromatic rings. The molecule has 1 fully saturated rings. The summed E-state index contributed by atoms with van der Waals surface area (Å²) in [5.41, 5.74) is 4.70. The number of nitrogens with two attached hydrogens (primary N) is 1. The van der Waals surface area contributed by atoms with Crippen molar-refractivity contribution < 1.29 is 22.3 Å². The zero-order valence-corrected chi connectivity index (χ0v) is 12.0. The normalized spacial score (nSPS) is 29.0. The summed E-state index contributed by atoms with van der Waals surface area (Å²) < 4.78 is 41.7. The third kappa shape index (κ3) is 2.31. The fraction of sp³-hybridized carbons (Fsp3) is 0.462. The SMILES string of the molecule is CCOC(=O)C1(N)C(c2cccc(F)c2)C1S(C)(=O)=O. The minimum absolute atomic E-state index is 0.101. The van der Waals surface area contributed by atoms with Gasteiger partial charge in [-0.1, -0.05) is 12.1 Å². The number of hydrogen-bond acceptors (Lipinski definition) is 5. The van der Waals surface area contributed by atoms with Crippen molar-refractivity contribution in [2.75, 3.05) is 12.9 Å². The van der Waals surface area contributed by atoms with Crippen LogP contribution < -0.4 is 5.73 Å². The van der Waals surface area contributed by atoms with Gasteiger partial charge in [-0.3, -0.25) is 0 Å². The topological polar surface area (TPSA) is 86.5 Å². The third-order valence-electron chi connectivity index (χ3n) is 3.48. The number of sulfone groups is 1. The summed E-state index contributed by atoms with van der Waals surface area (Å²) in [6, 6.07) is 5.44. The molecule has 0 aliphatic heterocycles. The molecule has 0 saturated heterocycles. The number of rotatable bonds is 4. The summed E-state index contributed by atoms with van der Waals surface area (Å²) in [6.45, 7) is 1.71. The van der Waals surface area contributed by atoms with E-state index in [0.29, 0.717) is 5.56 Å². The maximum Gasteiger partial charge on any atom is 0.328 e. The van der Waals surface area contributed by atoms with Gasteiger partial charge in [0.25, 0.3) is 0 Å². The molecule has 1 saturated carbocycles. The Bertz CT molecular complexity index is 646. The first-order valence-corrected chi connectivity index (χ1v) is 8.08. The lowest BCUT2D eigenvalue weighted by atomic mass is 10.1. The van der Waals surface area contributed by atoms with Gasteiger partial charge in [-0.05, 0) is 24.6 Å². The first-order valence-electron chi connectivity index (χ1n) is 6.13. The van der Waals surface area contributed by atoms with E-state index in [1.165, 1.54) is 18.2 Å². The molecule has 20 heavy (non-hydrogen) atoms. The van der Waals surface area contributed by atoms with Gasteiger partial charge in [0.1, 0.15) is 11.4 Å². The molecule has 5 nitrogen and oxygen atoms in total. The van der Waals surface area contributed by atoms with Crippen LogP contribution in [0.25, 0.3) is 0 Å². The second-order valence-electron chi connectivity index (χ2n) is 4.94. The second-order valence-corrected chi connectivity index (χ2v) is 7.10. The Balaban J connectivity index is 2.44. The van der Waals surface area contributed by atoms with E-state index in [0.717, 1.165) is 6.26 Å². The van der Waals surface area contributed by atoms with Crippen molar-refractivity contribution in [1.29, 1.82) is 0 Å². The molecule has 0 amide bonds. The van der Waals surface area contributed by atoms with Crippen LogP contribution in [0.5, 0.6) is 0 Å². The molecule has 110 valence electrons. The predicted molar refractivity (Wildman–Crippen MR) is 71.3 cm³/mol. The molecule has 0 heterocycles. The Morgan fingerprint density at radius 1 is 1.50 bits per heavy atom. The van der Waals surface area contributed by atoms with E-state index in [-0.39, 0.29) is 6.61 Å². The molecule has 1 aromatic carbocycles. The fourth-order valence-corrected chi connectivity index (χ4v) is 4.37. The smallest absolute Gasteiger partial charge is 0.328 e. The van der Waals surface area contributed by atoms with Gasteiger partial charge in [-0.25, -0.2) is 17.6 Å². The Kier molecular flexibility index (Phi) is 3.60. The van der Waals surface area contributed by atoms with Gasteiger partial charge in [-0.15, -0.1) is 0 Å². The lowest BCUT2D eigenvalue weighted by Crippen LogP contribution is -2.41. The number of carbonyl (C=O) groups is 1. The van der Waals surface area contributed by atoms with Crippen molar-refractivity contribution in [3.63, 3.8) is 0 Å². The van der Waals surface area contributed by atoms with Gasteiger partial charge in [0.05, 0.1) is 11.9 Å². The number of carbonyl (C=O) groups excluding carboxylic acids is 1. The Labute approximate surface area is 116 Å². The highest BCUT2D eigenvalue weighted by molar-refractivity contribution is 7.91. The van der Waals surface area contributed by atoms with Gasteiger partial charge < -0.3 is 10.5 Å². The van der Waals surface area contributed by atoms with Crippen LogP contribution in [0.2, 0.25) is 0 Å². The first kappa shape index (κ1) is 14.9. The van der Waals surface area contributed by atoms with Crippen LogP contribution in [-0.4, -0.2) is 38.0 Å². The van der Waals surface area contributed by atoms with Crippen molar-refractivity contribution >= 4 is 15.8 Å².